The van der Waals surface area contributed by atoms with Gasteiger partial charge in [0.05, 0.1) is 0 Å². The lowest BCUT2D eigenvalue weighted by atomic mass is 9.85. The van der Waals surface area contributed by atoms with Gasteiger partial charge >= 0.3 is 5.97 Å². The second-order valence-electron chi connectivity index (χ2n) is 9.13. The summed E-state index contributed by atoms with van der Waals surface area (Å²) in [6.07, 6.45) is 0. The Labute approximate surface area is 195 Å². The Hall–Kier alpha value is -3.11. The predicted molar refractivity (Wildman–Crippen MR) is 125 cm³/mol. The van der Waals surface area contributed by atoms with Crippen LogP contribution in [0.2, 0.25) is 0 Å². The number of nitrogens with one attached hydrogen (secondary N) is 2. The molecule has 2 heterocycles. The van der Waals surface area contributed by atoms with Gasteiger partial charge in [0.1, 0.15) is 23.0 Å². The van der Waals surface area contributed by atoms with Gasteiger partial charge in [-0.1, -0.05) is 30.3 Å². The zero-order chi connectivity index (χ0) is 24.3. The minimum absolute atomic E-state index is 0.215. The molecule has 174 valence electrons. The van der Waals surface area contributed by atoms with E-state index in [1.165, 1.54) is 23.6 Å². The average Bonchev–Trinajstić information content (AvgIpc) is 3.02. The molecule has 0 spiro atoms. The first-order valence-corrected chi connectivity index (χ1v) is 11.4. The van der Waals surface area contributed by atoms with Crippen LogP contribution in [0.5, 0.6) is 0 Å². The van der Waals surface area contributed by atoms with Crippen molar-refractivity contribution in [2.24, 2.45) is 5.73 Å². The van der Waals surface area contributed by atoms with E-state index in [1.54, 1.807) is 32.9 Å². The Kier molecular flexibility index (Phi) is 5.41. The summed E-state index contributed by atoms with van der Waals surface area (Å²) >= 11 is 1.35. The second-order valence-corrected chi connectivity index (χ2v) is 10.9. The maximum Gasteiger partial charge on any atom is 0.327 e. The highest BCUT2D eigenvalue weighted by Gasteiger charge is 2.70. The summed E-state index contributed by atoms with van der Waals surface area (Å²) in [7, 11) is 0. The summed E-state index contributed by atoms with van der Waals surface area (Å²) < 4.78 is -0.702. The number of carbonyl (C=O) groups excluding carboxylic acids is 3. The number of carboxylic acid groups (broad SMARTS) is 1. The number of β-lactam (4-membered cyclic amide) rings is 1. The third-order valence-corrected chi connectivity index (χ3v) is 8.03. The molecule has 3 amide bonds. The van der Waals surface area contributed by atoms with Gasteiger partial charge in [-0.2, -0.15) is 0 Å². The second kappa shape index (κ2) is 7.74. The summed E-state index contributed by atoms with van der Waals surface area (Å²) in [6, 6.07) is 8.61. The minimum atomic E-state index is -1.26. The van der Waals surface area contributed by atoms with Crippen molar-refractivity contribution in [3.05, 3.63) is 42.0 Å². The number of carboxylic acids is 1. The normalized spacial score (nSPS) is 26.3. The molecule has 10 heteroatoms. The van der Waals surface area contributed by atoms with Gasteiger partial charge in [0.15, 0.2) is 0 Å². The standard InChI is InChI=1S/C23H26N4O5S/c1-11(28)25-15-10-9-14(12-7-5-6-8-13(12)15)16(24)18(29)26-23(4)20(32)27-17(19(30)31)22(2,3)33-21(23)27/h5-10,16-17,21H,24H2,1-4H3,(H,25,28)(H,26,29)(H,30,31)/t16?,17-,21+,23?/m0/s1. The molecule has 4 atom stereocenters. The predicted octanol–water partition coefficient (Wildman–Crippen LogP) is 1.82. The van der Waals surface area contributed by atoms with E-state index >= 15 is 0 Å². The average molecular weight is 471 g/mol. The third kappa shape index (κ3) is 3.53. The molecule has 9 nitrogen and oxygen atoms in total. The summed E-state index contributed by atoms with van der Waals surface area (Å²) in [5.74, 6) is -2.27. The molecule has 4 rings (SSSR count). The van der Waals surface area contributed by atoms with E-state index in [1.807, 2.05) is 24.3 Å². The zero-order valence-corrected chi connectivity index (χ0v) is 19.5. The highest BCUT2D eigenvalue weighted by Crippen LogP contribution is 2.54. The van der Waals surface area contributed by atoms with Crippen LogP contribution >= 0.6 is 11.8 Å². The summed E-state index contributed by atoms with van der Waals surface area (Å²) in [5.41, 5.74) is 6.23. The first-order chi connectivity index (χ1) is 15.4. The van der Waals surface area contributed by atoms with Crippen LogP contribution in [0.25, 0.3) is 10.8 Å². The monoisotopic (exact) mass is 470 g/mol. The molecule has 2 aromatic carbocycles. The molecule has 0 bridgehead atoms. The van der Waals surface area contributed by atoms with Crippen molar-refractivity contribution < 1.29 is 24.3 Å². The fourth-order valence-corrected chi connectivity index (χ4v) is 6.35. The highest BCUT2D eigenvalue weighted by atomic mass is 32.2. The zero-order valence-electron chi connectivity index (χ0n) is 18.7. The van der Waals surface area contributed by atoms with E-state index < -0.39 is 45.5 Å². The Morgan fingerprint density at radius 1 is 1.12 bits per heavy atom. The van der Waals surface area contributed by atoms with Crippen molar-refractivity contribution >= 4 is 51.9 Å². The van der Waals surface area contributed by atoms with Gasteiger partial charge in [-0.3, -0.25) is 14.4 Å². The fourth-order valence-electron chi connectivity index (χ4n) is 4.71. The van der Waals surface area contributed by atoms with Gasteiger partial charge < -0.3 is 26.4 Å². The lowest BCUT2D eigenvalue weighted by molar-refractivity contribution is -0.168. The van der Waals surface area contributed by atoms with E-state index in [0.29, 0.717) is 16.6 Å². The van der Waals surface area contributed by atoms with Crippen molar-refractivity contribution in [1.29, 1.82) is 0 Å². The number of amides is 3. The number of nitrogens with zero attached hydrogens (tertiary/aromatic N) is 1. The molecule has 0 radical (unpaired) electrons. The van der Waals surface area contributed by atoms with Gasteiger partial charge in [0, 0.05) is 22.7 Å². The molecule has 5 N–H and O–H groups in total. The smallest absolute Gasteiger partial charge is 0.327 e. The number of rotatable bonds is 5. The van der Waals surface area contributed by atoms with E-state index in [9.17, 15) is 24.3 Å². The largest absolute Gasteiger partial charge is 0.480 e. The summed E-state index contributed by atoms with van der Waals surface area (Å²) in [5, 5.41) is 16.1. The molecular formula is C23H26N4O5S. The van der Waals surface area contributed by atoms with Crippen molar-refractivity contribution in [2.45, 2.75) is 55.4 Å². The number of fused-ring (bicyclic) bond motifs is 2. The van der Waals surface area contributed by atoms with Gasteiger partial charge in [-0.25, -0.2) is 4.79 Å². The van der Waals surface area contributed by atoms with E-state index in [2.05, 4.69) is 10.6 Å². The molecule has 2 aromatic rings. The molecule has 0 saturated carbocycles. The number of anilines is 1. The molecule has 2 unspecified atom stereocenters. The molecule has 2 aliphatic rings. The van der Waals surface area contributed by atoms with Crippen LogP contribution in [-0.4, -0.2) is 55.4 Å². The van der Waals surface area contributed by atoms with Gasteiger partial charge in [-0.05, 0) is 37.8 Å². The van der Waals surface area contributed by atoms with Crippen molar-refractivity contribution in [3.8, 4) is 0 Å². The van der Waals surface area contributed by atoms with Crippen LogP contribution < -0.4 is 16.4 Å². The summed E-state index contributed by atoms with van der Waals surface area (Å²) in [6.45, 7) is 6.57. The van der Waals surface area contributed by atoms with E-state index in [-0.39, 0.29) is 5.91 Å². The molecule has 0 aliphatic carbocycles. The van der Waals surface area contributed by atoms with Crippen molar-refractivity contribution in [2.75, 3.05) is 5.32 Å². The molecular weight excluding hydrogens is 444 g/mol. The SMILES string of the molecule is CC(=O)Nc1ccc(C(N)C(=O)NC2(C)C(=O)N3[C@@H](C(=O)O)C(C)(C)S[C@@H]32)c2ccccc12. The quantitative estimate of drug-likeness (QED) is 0.488. The van der Waals surface area contributed by atoms with Gasteiger partial charge in [0.2, 0.25) is 11.8 Å². The number of benzene rings is 2. The van der Waals surface area contributed by atoms with Gasteiger partial charge in [-0.15, -0.1) is 11.8 Å². The number of hydrogen-bond donors (Lipinski definition) is 4. The number of aliphatic carboxylic acids is 1. The number of hydrogen-bond acceptors (Lipinski definition) is 6. The Balaban J connectivity index is 1.60. The van der Waals surface area contributed by atoms with Crippen LogP contribution in [0.3, 0.4) is 0 Å². The van der Waals surface area contributed by atoms with Gasteiger partial charge in [0.25, 0.3) is 5.91 Å². The maximum atomic E-state index is 13.2. The molecule has 2 aliphatic heterocycles. The Morgan fingerprint density at radius 2 is 1.76 bits per heavy atom. The fraction of sp³-hybridized carbons (Fsp3) is 0.391. The van der Waals surface area contributed by atoms with Crippen LogP contribution in [0, 0.1) is 0 Å². The third-order valence-electron chi connectivity index (χ3n) is 6.28. The van der Waals surface area contributed by atoms with Crippen molar-refractivity contribution in [3.63, 3.8) is 0 Å². The molecule has 33 heavy (non-hydrogen) atoms. The molecule has 2 fully saturated rings. The number of thioether (sulfide) groups is 1. The van der Waals surface area contributed by atoms with Crippen LogP contribution in [0.15, 0.2) is 36.4 Å². The van der Waals surface area contributed by atoms with Crippen LogP contribution in [-0.2, 0) is 19.2 Å². The molecule has 0 aromatic heterocycles. The van der Waals surface area contributed by atoms with Crippen LogP contribution in [0.1, 0.15) is 39.3 Å². The topological polar surface area (TPSA) is 142 Å². The first kappa shape index (κ1) is 23.1. The first-order valence-electron chi connectivity index (χ1n) is 10.5. The molecule has 2 saturated heterocycles. The Bertz CT molecular complexity index is 1200. The van der Waals surface area contributed by atoms with E-state index in [0.717, 1.165) is 5.39 Å². The maximum absolute atomic E-state index is 13.2. The highest BCUT2D eigenvalue weighted by molar-refractivity contribution is 8.01. The van der Waals surface area contributed by atoms with Crippen LogP contribution in [0.4, 0.5) is 5.69 Å². The lowest BCUT2D eigenvalue weighted by Gasteiger charge is -2.51. The van der Waals surface area contributed by atoms with Crippen molar-refractivity contribution in [1.82, 2.24) is 10.2 Å². The Morgan fingerprint density at radius 3 is 2.36 bits per heavy atom. The minimum Gasteiger partial charge on any atom is -0.480 e. The number of nitrogens with two attached hydrogens (primary N) is 1. The lowest BCUT2D eigenvalue weighted by Crippen LogP contribution is -2.78. The summed E-state index contributed by atoms with van der Waals surface area (Å²) in [4.78, 5) is 50.8. The number of carbonyl (C=O) groups is 4. The van der Waals surface area contributed by atoms with E-state index in [4.69, 9.17) is 5.73 Å².